The van der Waals surface area contributed by atoms with Gasteiger partial charge in [-0.25, -0.2) is 13.1 Å². The van der Waals surface area contributed by atoms with Crippen molar-refractivity contribution in [1.29, 1.82) is 0 Å². The molecule has 0 radical (unpaired) electrons. The molecule has 1 aliphatic heterocycles. The van der Waals surface area contributed by atoms with Crippen LogP contribution in [0.2, 0.25) is 0 Å². The number of carbonyl (C=O) groups is 1. The van der Waals surface area contributed by atoms with E-state index in [1.54, 1.807) is 24.1 Å². The summed E-state index contributed by atoms with van der Waals surface area (Å²) in [5.41, 5.74) is 0. The highest BCUT2D eigenvalue weighted by atomic mass is 32.2. The van der Waals surface area contributed by atoms with Gasteiger partial charge in [0.2, 0.25) is 10.0 Å². The van der Waals surface area contributed by atoms with Gasteiger partial charge in [-0.2, -0.15) is 0 Å². The fraction of sp³-hybridized carbons (Fsp3) is 0.562. The van der Waals surface area contributed by atoms with Gasteiger partial charge in [-0.05, 0) is 30.9 Å². The van der Waals surface area contributed by atoms with Crippen LogP contribution in [0.1, 0.15) is 12.8 Å². The lowest BCUT2D eigenvalue weighted by molar-refractivity contribution is -0.135. The lowest BCUT2D eigenvalue weighted by atomic mass is 9.98. The second-order valence-electron chi connectivity index (χ2n) is 5.91. The minimum Gasteiger partial charge on any atom is -0.493 e. The summed E-state index contributed by atoms with van der Waals surface area (Å²) >= 11 is 0. The van der Waals surface area contributed by atoms with Crippen LogP contribution in [0, 0.1) is 5.92 Å². The molecule has 1 saturated heterocycles. The summed E-state index contributed by atoms with van der Waals surface area (Å²) in [7, 11) is -1.66. The molecule has 1 unspecified atom stereocenters. The molecular weight excluding hydrogens is 332 g/mol. The second kappa shape index (κ2) is 8.34. The third-order valence-corrected chi connectivity index (χ3v) is 4.62. The highest BCUT2D eigenvalue weighted by Crippen LogP contribution is 2.26. The first-order valence-corrected chi connectivity index (χ1v) is 9.76. The molecule has 24 heavy (non-hydrogen) atoms. The van der Waals surface area contributed by atoms with Gasteiger partial charge in [0.1, 0.15) is 0 Å². The number of nitrogens with zero attached hydrogens (tertiary/aromatic N) is 1. The number of piperidine rings is 1. The Balaban J connectivity index is 1.85. The highest BCUT2D eigenvalue weighted by Gasteiger charge is 2.24. The predicted molar refractivity (Wildman–Crippen MR) is 90.6 cm³/mol. The molecule has 1 aromatic rings. The molecule has 1 N–H and O–H groups in total. The van der Waals surface area contributed by atoms with E-state index in [0.29, 0.717) is 31.1 Å². The van der Waals surface area contributed by atoms with Gasteiger partial charge in [0.05, 0.1) is 13.4 Å². The molecule has 1 heterocycles. The highest BCUT2D eigenvalue weighted by molar-refractivity contribution is 7.88. The topological polar surface area (TPSA) is 84.9 Å². The Kier molecular flexibility index (Phi) is 6.44. The Labute approximate surface area is 143 Å². The average Bonchev–Trinajstić information content (AvgIpc) is 2.57. The van der Waals surface area contributed by atoms with E-state index in [9.17, 15) is 13.2 Å². The van der Waals surface area contributed by atoms with Gasteiger partial charge in [0.25, 0.3) is 5.91 Å². The van der Waals surface area contributed by atoms with E-state index in [1.807, 2.05) is 12.1 Å². The van der Waals surface area contributed by atoms with Gasteiger partial charge >= 0.3 is 0 Å². The van der Waals surface area contributed by atoms with E-state index in [1.165, 1.54) is 0 Å². The quantitative estimate of drug-likeness (QED) is 0.783. The summed E-state index contributed by atoms with van der Waals surface area (Å²) in [6.07, 6.45) is 2.90. The molecule has 8 heteroatoms. The molecule has 0 bridgehead atoms. The lowest BCUT2D eigenvalue weighted by Gasteiger charge is -2.32. The van der Waals surface area contributed by atoms with Gasteiger partial charge in [-0.3, -0.25) is 4.79 Å². The molecule has 1 aliphatic rings. The molecule has 7 nitrogen and oxygen atoms in total. The van der Waals surface area contributed by atoms with Crippen molar-refractivity contribution < 1.29 is 22.7 Å². The number of rotatable bonds is 7. The minimum atomic E-state index is -3.21. The van der Waals surface area contributed by atoms with Gasteiger partial charge in [0, 0.05) is 19.6 Å². The normalized spacial score (nSPS) is 18.2. The number of para-hydroxylation sites is 2. The van der Waals surface area contributed by atoms with Crippen LogP contribution in [0.25, 0.3) is 0 Å². The zero-order chi connectivity index (χ0) is 17.6. The average molecular weight is 356 g/mol. The zero-order valence-corrected chi connectivity index (χ0v) is 14.8. The van der Waals surface area contributed by atoms with E-state index in [-0.39, 0.29) is 18.4 Å². The maximum absolute atomic E-state index is 12.3. The Morgan fingerprint density at radius 3 is 2.71 bits per heavy atom. The van der Waals surface area contributed by atoms with Crippen LogP contribution in [0.4, 0.5) is 0 Å². The van der Waals surface area contributed by atoms with Crippen LogP contribution < -0.4 is 14.2 Å². The number of nitrogens with one attached hydrogen (secondary N) is 1. The number of likely N-dealkylation sites (tertiary alicyclic amines) is 1. The molecule has 1 atom stereocenters. The maximum Gasteiger partial charge on any atom is 0.260 e. The molecule has 0 aliphatic carbocycles. The molecule has 0 saturated carbocycles. The number of methoxy groups -OCH3 is 1. The Morgan fingerprint density at radius 2 is 2.04 bits per heavy atom. The van der Waals surface area contributed by atoms with Crippen molar-refractivity contribution in [1.82, 2.24) is 9.62 Å². The van der Waals surface area contributed by atoms with Crippen molar-refractivity contribution in [3.8, 4) is 11.5 Å². The zero-order valence-electron chi connectivity index (χ0n) is 14.0. The van der Waals surface area contributed by atoms with Gasteiger partial charge < -0.3 is 14.4 Å². The van der Waals surface area contributed by atoms with Crippen LogP contribution in [-0.4, -0.2) is 58.8 Å². The van der Waals surface area contributed by atoms with Gasteiger partial charge in [-0.1, -0.05) is 12.1 Å². The third-order valence-electron chi connectivity index (χ3n) is 3.93. The van der Waals surface area contributed by atoms with Gasteiger partial charge in [0.15, 0.2) is 18.1 Å². The number of amides is 1. The first-order valence-electron chi connectivity index (χ1n) is 7.87. The smallest absolute Gasteiger partial charge is 0.260 e. The predicted octanol–water partition coefficient (Wildman–Crippen LogP) is 0.862. The summed E-state index contributed by atoms with van der Waals surface area (Å²) in [5, 5.41) is 0. The molecule has 1 fully saturated rings. The van der Waals surface area contributed by atoms with E-state index in [0.717, 1.165) is 19.1 Å². The number of hydrogen-bond acceptors (Lipinski definition) is 5. The summed E-state index contributed by atoms with van der Waals surface area (Å²) in [6, 6.07) is 7.17. The van der Waals surface area contributed by atoms with Crippen molar-refractivity contribution in [2.24, 2.45) is 5.92 Å². The standard InChI is InChI=1S/C16H24N2O5S/c1-22-14-7-3-4-8-15(14)23-12-16(19)18-9-5-6-13(11-18)10-17-24(2,20)21/h3-4,7-8,13,17H,5-6,9-12H2,1-2H3. The number of sulfonamides is 1. The van der Waals surface area contributed by atoms with E-state index in [4.69, 9.17) is 9.47 Å². The first kappa shape index (κ1) is 18.5. The maximum atomic E-state index is 12.3. The van der Waals surface area contributed by atoms with Crippen LogP contribution in [0.3, 0.4) is 0 Å². The minimum absolute atomic E-state index is 0.0629. The summed E-state index contributed by atoms with van der Waals surface area (Å²) < 4.78 is 35.6. The number of ether oxygens (including phenoxy) is 2. The van der Waals surface area contributed by atoms with E-state index < -0.39 is 10.0 Å². The summed E-state index contributed by atoms with van der Waals surface area (Å²) in [5.74, 6) is 1.13. The molecule has 0 aromatic heterocycles. The lowest BCUT2D eigenvalue weighted by Crippen LogP contribution is -2.45. The van der Waals surface area contributed by atoms with Crippen molar-refractivity contribution in [3.63, 3.8) is 0 Å². The van der Waals surface area contributed by atoms with Crippen LogP contribution >= 0.6 is 0 Å². The number of benzene rings is 1. The number of carbonyl (C=O) groups excluding carboxylic acids is 1. The second-order valence-corrected chi connectivity index (χ2v) is 7.74. The SMILES string of the molecule is COc1ccccc1OCC(=O)N1CCCC(CNS(C)(=O)=O)C1. The Morgan fingerprint density at radius 1 is 1.33 bits per heavy atom. The first-order chi connectivity index (χ1) is 11.4. The summed E-state index contributed by atoms with van der Waals surface area (Å²) in [6.45, 7) is 1.50. The molecular formula is C16H24N2O5S. The summed E-state index contributed by atoms with van der Waals surface area (Å²) in [4.78, 5) is 14.1. The third kappa shape index (κ3) is 5.68. The molecule has 2 rings (SSSR count). The van der Waals surface area contributed by atoms with Crippen molar-refractivity contribution in [2.75, 3.05) is 39.6 Å². The molecule has 1 aromatic carbocycles. The Bertz CT molecular complexity index is 662. The fourth-order valence-corrected chi connectivity index (χ4v) is 3.23. The van der Waals surface area contributed by atoms with Crippen LogP contribution in [0.5, 0.6) is 11.5 Å². The molecule has 1 amide bonds. The van der Waals surface area contributed by atoms with Crippen LogP contribution in [-0.2, 0) is 14.8 Å². The molecule has 0 spiro atoms. The van der Waals surface area contributed by atoms with Crippen molar-refractivity contribution >= 4 is 15.9 Å². The Hall–Kier alpha value is -1.80. The van der Waals surface area contributed by atoms with Gasteiger partial charge in [-0.15, -0.1) is 0 Å². The van der Waals surface area contributed by atoms with Crippen molar-refractivity contribution in [3.05, 3.63) is 24.3 Å². The van der Waals surface area contributed by atoms with Crippen molar-refractivity contribution in [2.45, 2.75) is 12.8 Å². The van der Waals surface area contributed by atoms with E-state index in [2.05, 4.69) is 4.72 Å². The van der Waals surface area contributed by atoms with E-state index >= 15 is 0 Å². The largest absolute Gasteiger partial charge is 0.493 e. The fourth-order valence-electron chi connectivity index (χ4n) is 2.70. The van der Waals surface area contributed by atoms with Crippen LogP contribution in [0.15, 0.2) is 24.3 Å². The monoisotopic (exact) mass is 356 g/mol. The molecule has 134 valence electrons. The number of hydrogen-bond donors (Lipinski definition) is 1.